The fraction of sp³-hybridized carbons (Fsp3) is 0.208. The first kappa shape index (κ1) is 17.3. The smallest absolute Gasteiger partial charge is 0.0762 e. The number of pyridine rings is 1. The van der Waals surface area contributed by atoms with Gasteiger partial charge in [-0.15, -0.1) is 0 Å². The van der Waals surface area contributed by atoms with Crippen molar-refractivity contribution in [3.8, 4) is 0 Å². The number of aromatic nitrogens is 1. The van der Waals surface area contributed by atoms with Gasteiger partial charge in [0, 0.05) is 36.2 Å². The molecular weight excluding hydrogens is 330 g/mol. The first-order valence-electron chi connectivity index (χ1n) is 9.29. The van der Waals surface area contributed by atoms with E-state index in [9.17, 15) is 0 Å². The predicted octanol–water partition coefficient (Wildman–Crippen LogP) is 6.12. The molecular formula is C24H25N3. The van der Waals surface area contributed by atoms with E-state index < -0.39 is 0 Å². The summed E-state index contributed by atoms with van der Waals surface area (Å²) in [6.07, 6.45) is 0. The first-order chi connectivity index (χ1) is 13.0. The van der Waals surface area contributed by atoms with E-state index in [1.54, 1.807) is 0 Å². The van der Waals surface area contributed by atoms with Crippen LogP contribution >= 0.6 is 0 Å². The average Bonchev–Trinajstić information content (AvgIpc) is 2.65. The van der Waals surface area contributed by atoms with Gasteiger partial charge in [-0.1, -0.05) is 24.3 Å². The van der Waals surface area contributed by atoms with Crippen LogP contribution in [0.25, 0.3) is 21.8 Å². The third kappa shape index (κ3) is 2.99. The maximum atomic E-state index is 4.99. The van der Waals surface area contributed by atoms with Crippen LogP contribution < -0.4 is 10.2 Å². The van der Waals surface area contributed by atoms with E-state index in [1.807, 2.05) is 0 Å². The van der Waals surface area contributed by atoms with Crippen molar-refractivity contribution in [2.24, 2.45) is 0 Å². The van der Waals surface area contributed by atoms with Gasteiger partial charge in [0.1, 0.15) is 0 Å². The second kappa shape index (κ2) is 6.58. The lowest BCUT2D eigenvalue weighted by Gasteiger charge is -2.18. The molecule has 3 heteroatoms. The van der Waals surface area contributed by atoms with Crippen molar-refractivity contribution in [1.29, 1.82) is 0 Å². The minimum Gasteiger partial charge on any atom is -0.378 e. The van der Waals surface area contributed by atoms with E-state index in [2.05, 4.69) is 99.7 Å². The summed E-state index contributed by atoms with van der Waals surface area (Å²) in [6.45, 7) is 6.45. The molecule has 0 saturated heterocycles. The lowest BCUT2D eigenvalue weighted by atomic mass is 9.99. The van der Waals surface area contributed by atoms with Crippen LogP contribution in [-0.4, -0.2) is 19.1 Å². The summed E-state index contributed by atoms with van der Waals surface area (Å²) in [7, 11) is 4.11. The van der Waals surface area contributed by atoms with Crippen molar-refractivity contribution < 1.29 is 0 Å². The molecule has 0 spiro atoms. The molecule has 4 rings (SSSR count). The van der Waals surface area contributed by atoms with Gasteiger partial charge in [0.05, 0.1) is 16.7 Å². The Hall–Kier alpha value is -3.07. The number of rotatable bonds is 3. The standard InChI is InChI=1S/C24H25N3/c1-15-9-14-20-23(17(15)3)26-21-8-6-7-16(2)22(21)24(20)25-18-10-12-19(13-11-18)27(4)5/h6-14H,1-5H3,(H,25,26). The monoisotopic (exact) mass is 355 g/mol. The number of aryl methyl sites for hydroxylation is 3. The molecule has 0 bridgehead atoms. The Labute approximate surface area is 160 Å². The molecule has 0 radical (unpaired) electrons. The molecule has 0 amide bonds. The maximum absolute atomic E-state index is 4.99. The topological polar surface area (TPSA) is 28.2 Å². The summed E-state index contributed by atoms with van der Waals surface area (Å²) >= 11 is 0. The largest absolute Gasteiger partial charge is 0.378 e. The van der Waals surface area contributed by atoms with Crippen LogP contribution in [0.5, 0.6) is 0 Å². The van der Waals surface area contributed by atoms with Crippen LogP contribution in [0.3, 0.4) is 0 Å². The summed E-state index contributed by atoms with van der Waals surface area (Å²) in [4.78, 5) is 7.10. The van der Waals surface area contributed by atoms with Gasteiger partial charge in [-0.2, -0.15) is 0 Å². The van der Waals surface area contributed by atoms with Gasteiger partial charge in [-0.3, -0.25) is 0 Å². The van der Waals surface area contributed by atoms with Crippen LogP contribution in [-0.2, 0) is 0 Å². The van der Waals surface area contributed by atoms with E-state index >= 15 is 0 Å². The molecule has 0 aliphatic rings. The van der Waals surface area contributed by atoms with Crippen LogP contribution in [0.15, 0.2) is 54.6 Å². The van der Waals surface area contributed by atoms with Crippen molar-refractivity contribution in [1.82, 2.24) is 4.98 Å². The zero-order chi connectivity index (χ0) is 19.1. The summed E-state index contributed by atoms with van der Waals surface area (Å²) in [5, 5.41) is 6.03. The summed E-state index contributed by atoms with van der Waals surface area (Å²) in [5.74, 6) is 0. The number of hydrogen-bond donors (Lipinski definition) is 1. The highest BCUT2D eigenvalue weighted by atomic mass is 15.1. The van der Waals surface area contributed by atoms with Crippen molar-refractivity contribution in [3.63, 3.8) is 0 Å². The van der Waals surface area contributed by atoms with E-state index in [-0.39, 0.29) is 0 Å². The molecule has 0 saturated carbocycles. The molecule has 0 aliphatic carbocycles. The van der Waals surface area contributed by atoms with E-state index in [0.717, 1.165) is 27.8 Å². The van der Waals surface area contributed by atoms with Crippen LogP contribution in [0.2, 0.25) is 0 Å². The first-order valence-corrected chi connectivity index (χ1v) is 9.29. The zero-order valence-electron chi connectivity index (χ0n) is 16.6. The Morgan fingerprint density at radius 3 is 2.26 bits per heavy atom. The van der Waals surface area contributed by atoms with Gasteiger partial charge in [-0.05, 0) is 67.8 Å². The highest BCUT2D eigenvalue weighted by Crippen LogP contribution is 2.36. The van der Waals surface area contributed by atoms with Crippen LogP contribution in [0.1, 0.15) is 16.7 Å². The van der Waals surface area contributed by atoms with Gasteiger partial charge in [0.25, 0.3) is 0 Å². The molecule has 0 unspecified atom stereocenters. The lowest BCUT2D eigenvalue weighted by Crippen LogP contribution is -2.08. The van der Waals surface area contributed by atoms with Crippen molar-refractivity contribution in [2.45, 2.75) is 20.8 Å². The molecule has 3 aromatic carbocycles. The number of anilines is 3. The predicted molar refractivity (Wildman–Crippen MR) is 118 cm³/mol. The molecule has 4 aromatic rings. The molecule has 3 nitrogen and oxygen atoms in total. The fourth-order valence-electron chi connectivity index (χ4n) is 3.59. The third-order valence-electron chi connectivity index (χ3n) is 5.36. The SMILES string of the molecule is Cc1ccc2c(Nc3ccc(N(C)C)cc3)c3c(C)cccc3nc2c1C. The minimum absolute atomic E-state index is 1.03. The molecule has 0 aliphatic heterocycles. The number of nitrogens with zero attached hydrogens (tertiary/aromatic N) is 2. The maximum Gasteiger partial charge on any atom is 0.0762 e. The van der Waals surface area contributed by atoms with Crippen LogP contribution in [0, 0.1) is 20.8 Å². The Morgan fingerprint density at radius 1 is 0.815 bits per heavy atom. The summed E-state index contributed by atoms with van der Waals surface area (Å²) < 4.78 is 0. The lowest BCUT2D eigenvalue weighted by molar-refractivity contribution is 1.13. The Kier molecular flexibility index (Phi) is 4.23. The van der Waals surface area contributed by atoms with Gasteiger partial charge in [0.15, 0.2) is 0 Å². The van der Waals surface area contributed by atoms with Gasteiger partial charge >= 0.3 is 0 Å². The Morgan fingerprint density at radius 2 is 1.56 bits per heavy atom. The second-order valence-electron chi connectivity index (χ2n) is 7.43. The van der Waals surface area contributed by atoms with Crippen molar-refractivity contribution >= 4 is 38.9 Å². The van der Waals surface area contributed by atoms with Crippen molar-refractivity contribution in [3.05, 3.63) is 71.3 Å². The molecule has 1 N–H and O–H groups in total. The molecule has 0 fully saturated rings. The number of nitrogens with one attached hydrogen (secondary N) is 1. The zero-order valence-corrected chi connectivity index (χ0v) is 16.6. The van der Waals surface area contributed by atoms with E-state index in [4.69, 9.17) is 4.98 Å². The minimum atomic E-state index is 1.03. The molecule has 1 aromatic heterocycles. The Balaban J connectivity index is 1.97. The van der Waals surface area contributed by atoms with Crippen molar-refractivity contribution in [2.75, 3.05) is 24.3 Å². The summed E-state index contributed by atoms with van der Waals surface area (Å²) in [5.41, 5.74) is 9.24. The fourth-order valence-corrected chi connectivity index (χ4v) is 3.59. The number of benzene rings is 3. The summed E-state index contributed by atoms with van der Waals surface area (Å²) in [6, 6.07) is 19.2. The Bertz CT molecular complexity index is 1140. The van der Waals surface area contributed by atoms with Gasteiger partial charge < -0.3 is 10.2 Å². The average molecular weight is 355 g/mol. The van der Waals surface area contributed by atoms with E-state index in [0.29, 0.717) is 0 Å². The van der Waals surface area contributed by atoms with Gasteiger partial charge in [0.2, 0.25) is 0 Å². The normalized spacial score (nSPS) is 11.1. The number of hydrogen-bond acceptors (Lipinski definition) is 3. The molecule has 27 heavy (non-hydrogen) atoms. The quantitative estimate of drug-likeness (QED) is 0.449. The molecule has 1 heterocycles. The second-order valence-corrected chi connectivity index (χ2v) is 7.43. The third-order valence-corrected chi connectivity index (χ3v) is 5.36. The highest BCUT2D eigenvalue weighted by Gasteiger charge is 2.13. The highest BCUT2D eigenvalue weighted by molar-refractivity contribution is 6.10. The molecule has 136 valence electrons. The van der Waals surface area contributed by atoms with Crippen LogP contribution in [0.4, 0.5) is 17.1 Å². The van der Waals surface area contributed by atoms with Gasteiger partial charge in [-0.25, -0.2) is 4.98 Å². The number of fused-ring (bicyclic) bond motifs is 2. The van der Waals surface area contributed by atoms with E-state index in [1.165, 1.54) is 27.8 Å². The molecule has 0 atom stereocenters.